The van der Waals surface area contributed by atoms with E-state index in [-0.39, 0.29) is 24.8 Å². The summed E-state index contributed by atoms with van der Waals surface area (Å²) in [6.45, 7) is -0.157. The molecule has 1 aliphatic rings. The van der Waals surface area contributed by atoms with Crippen molar-refractivity contribution in [1.82, 2.24) is 10.3 Å². The van der Waals surface area contributed by atoms with Gasteiger partial charge in [-0.3, -0.25) is 14.6 Å². The lowest BCUT2D eigenvalue weighted by Crippen LogP contribution is -2.37. The molecule has 5 nitrogen and oxygen atoms in total. The smallest absolute Gasteiger partial charge is 0.358 e. The molecule has 1 aromatic carbocycles. The Hall–Kier alpha value is -2.90. The van der Waals surface area contributed by atoms with Crippen molar-refractivity contribution in [2.45, 2.75) is 12.6 Å². The van der Waals surface area contributed by atoms with Crippen LogP contribution in [-0.4, -0.2) is 30.4 Å². The van der Waals surface area contributed by atoms with Gasteiger partial charge < -0.3 is 10.2 Å². The summed E-state index contributed by atoms with van der Waals surface area (Å²) in [4.78, 5) is 29.1. The number of carbonyl (C=O) groups excluding carboxylic acids is 2. The molecule has 0 aliphatic carbocycles. The van der Waals surface area contributed by atoms with Crippen LogP contribution in [0.4, 0.5) is 18.9 Å². The monoisotopic (exact) mass is 349 g/mol. The molecule has 25 heavy (non-hydrogen) atoms. The molecule has 0 atom stereocenters. The standard InChI is InChI=1S/C17H14F3N3O2/c1-21-15(24)9-23-14-6-11(8-22-13(14)7-16(23)25)10-3-2-4-12(5-10)17(18,19)20/h2-6,8H,7,9H2,1H3,(H,21,24). The maximum Gasteiger partial charge on any atom is 0.416 e. The van der Waals surface area contributed by atoms with Gasteiger partial charge in [-0.15, -0.1) is 0 Å². The van der Waals surface area contributed by atoms with Crippen molar-refractivity contribution in [3.63, 3.8) is 0 Å². The Kier molecular flexibility index (Phi) is 4.20. The lowest BCUT2D eigenvalue weighted by molar-refractivity contribution is -0.137. The highest BCUT2D eigenvalue weighted by Gasteiger charge is 2.32. The minimum atomic E-state index is -4.44. The van der Waals surface area contributed by atoms with Gasteiger partial charge in [0.05, 0.1) is 23.4 Å². The summed E-state index contributed by atoms with van der Waals surface area (Å²) in [7, 11) is 1.46. The molecule has 0 saturated heterocycles. The number of pyridine rings is 1. The molecule has 2 aromatic rings. The van der Waals surface area contributed by atoms with E-state index in [1.54, 1.807) is 12.1 Å². The SMILES string of the molecule is CNC(=O)CN1C(=O)Cc2ncc(-c3cccc(C(F)(F)F)c3)cc21. The van der Waals surface area contributed by atoms with Crippen LogP contribution in [0.25, 0.3) is 11.1 Å². The number of hydrogen-bond donors (Lipinski definition) is 1. The van der Waals surface area contributed by atoms with Gasteiger partial charge >= 0.3 is 6.18 Å². The summed E-state index contributed by atoms with van der Waals surface area (Å²) in [6.07, 6.45) is -2.94. The largest absolute Gasteiger partial charge is 0.416 e. The Morgan fingerprint density at radius 1 is 1.28 bits per heavy atom. The number of anilines is 1. The summed E-state index contributed by atoms with van der Waals surface area (Å²) in [6, 6.07) is 6.47. The van der Waals surface area contributed by atoms with Crippen LogP contribution < -0.4 is 10.2 Å². The van der Waals surface area contributed by atoms with Gasteiger partial charge in [0.25, 0.3) is 0 Å². The van der Waals surface area contributed by atoms with E-state index in [9.17, 15) is 22.8 Å². The fourth-order valence-electron chi connectivity index (χ4n) is 2.65. The van der Waals surface area contributed by atoms with E-state index in [4.69, 9.17) is 0 Å². The summed E-state index contributed by atoms with van der Waals surface area (Å²) >= 11 is 0. The van der Waals surface area contributed by atoms with E-state index in [2.05, 4.69) is 10.3 Å². The van der Waals surface area contributed by atoms with E-state index in [0.717, 1.165) is 12.1 Å². The summed E-state index contributed by atoms with van der Waals surface area (Å²) in [5.74, 6) is -0.613. The number of nitrogens with one attached hydrogen (secondary N) is 1. The van der Waals surface area contributed by atoms with Crippen LogP contribution in [-0.2, 0) is 22.2 Å². The van der Waals surface area contributed by atoms with Crippen LogP contribution in [0.2, 0.25) is 0 Å². The van der Waals surface area contributed by atoms with Crippen molar-refractivity contribution in [3.8, 4) is 11.1 Å². The molecule has 0 fully saturated rings. The van der Waals surface area contributed by atoms with Gasteiger partial charge in [0.2, 0.25) is 11.8 Å². The molecule has 2 amide bonds. The zero-order valence-electron chi connectivity index (χ0n) is 13.2. The van der Waals surface area contributed by atoms with E-state index in [0.29, 0.717) is 22.5 Å². The number of hydrogen-bond acceptors (Lipinski definition) is 3. The molecule has 0 spiro atoms. The molecular formula is C17H14F3N3O2. The predicted molar refractivity (Wildman–Crippen MR) is 84.8 cm³/mol. The van der Waals surface area contributed by atoms with Crippen LogP contribution in [0.15, 0.2) is 36.5 Å². The first kappa shape index (κ1) is 16.9. The molecule has 1 aromatic heterocycles. The van der Waals surface area contributed by atoms with Gasteiger partial charge in [0.1, 0.15) is 6.54 Å². The van der Waals surface area contributed by atoms with Crippen LogP contribution in [0.3, 0.4) is 0 Å². The maximum atomic E-state index is 12.9. The average Bonchev–Trinajstić information content (AvgIpc) is 2.89. The molecule has 0 saturated carbocycles. The normalized spacial score (nSPS) is 13.8. The number of alkyl halides is 3. The van der Waals surface area contributed by atoms with Crippen molar-refractivity contribution < 1.29 is 22.8 Å². The van der Waals surface area contributed by atoms with Crippen molar-refractivity contribution in [1.29, 1.82) is 0 Å². The lowest BCUT2D eigenvalue weighted by atomic mass is 10.0. The number of rotatable bonds is 3. The number of amides is 2. The van der Waals surface area contributed by atoms with E-state index in [1.165, 1.54) is 24.2 Å². The second-order valence-electron chi connectivity index (χ2n) is 5.60. The number of nitrogens with zero attached hydrogens (tertiary/aromatic N) is 2. The van der Waals surface area contributed by atoms with Crippen LogP contribution in [0, 0.1) is 0 Å². The molecule has 8 heteroatoms. The van der Waals surface area contributed by atoms with Gasteiger partial charge in [0.15, 0.2) is 0 Å². The first-order valence-electron chi connectivity index (χ1n) is 7.47. The van der Waals surface area contributed by atoms with E-state index >= 15 is 0 Å². The highest BCUT2D eigenvalue weighted by molar-refractivity contribution is 6.05. The Labute approximate surface area is 141 Å². The van der Waals surface area contributed by atoms with Gasteiger partial charge in [-0.1, -0.05) is 12.1 Å². The number of halogens is 3. The molecule has 1 N–H and O–H groups in total. The molecule has 0 bridgehead atoms. The molecule has 2 heterocycles. The minimum Gasteiger partial charge on any atom is -0.358 e. The maximum absolute atomic E-state index is 12.9. The van der Waals surface area contributed by atoms with Crippen molar-refractivity contribution in [3.05, 3.63) is 47.8 Å². The number of benzene rings is 1. The van der Waals surface area contributed by atoms with E-state index in [1.807, 2.05) is 0 Å². The third-order valence-corrected chi connectivity index (χ3v) is 3.96. The lowest BCUT2D eigenvalue weighted by Gasteiger charge is -2.17. The van der Waals surface area contributed by atoms with Crippen LogP contribution in [0.1, 0.15) is 11.3 Å². The fourth-order valence-corrected chi connectivity index (χ4v) is 2.65. The number of fused-ring (bicyclic) bond motifs is 1. The predicted octanol–water partition coefficient (Wildman–Crippen LogP) is 2.40. The van der Waals surface area contributed by atoms with Gasteiger partial charge in [0, 0.05) is 18.8 Å². The minimum absolute atomic E-state index is 0.0647. The Balaban J connectivity index is 1.99. The van der Waals surface area contributed by atoms with E-state index < -0.39 is 11.7 Å². The third-order valence-electron chi connectivity index (χ3n) is 3.96. The summed E-state index contributed by atoms with van der Waals surface area (Å²) in [5, 5.41) is 2.44. The third kappa shape index (κ3) is 3.33. The number of aromatic nitrogens is 1. The quantitative estimate of drug-likeness (QED) is 0.926. The Morgan fingerprint density at radius 2 is 2.04 bits per heavy atom. The van der Waals surface area contributed by atoms with Crippen molar-refractivity contribution >= 4 is 17.5 Å². The van der Waals surface area contributed by atoms with Gasteiger partial charge in [-0.25, -0.2) is 0 Å². The molecule has 0 radical (unpaired) electrons. The summed E-state index contributed by atoms with van der Waals surface area (Å²) < 4.78 is 38.7. The summed E-state index contributed by atoms with van der Waals surface area (Å²) in [5.41, 5.74) is 0.975. The molecule has 3 rings (SSSR count). The second kappa shape index (κ2) is 6.19. The van der Waals surface area contributed by atoms with Gasteiger partial charge in [-0.2, -0.15) is 13.2 Å². The highest BCUT2D eigenvalue weighted by atomic mass is 19.4. The first-order valence-corrected chi connectivity index (χ1v) is 7.47. The zero-order valence-corrected chi connectivity index (χ0v) is 13.2. The molecule has 130 valence electrons. The van der Waals surface area contributed by atoms with Crippen molar-refractivity contribution in [2.75, 3.05) is 18.5 Å². The Bertz CT molecular complexity index is 849. The second-order valence-corrected chi connectivity index (χ2v) is 5.60. The van der Waals surface area contributed by atoms with Crippen molar-refractivity contribution in [2.24, 2.45) is 0 Å². The van der Waals surface area contributed by atoms with Crippen LogP contribution in [0.5, 0.6) is 0 Å². The topological polar surface area (TPSA) is 62.3 Å². The van der Waals surface area contributed by atoms with Crippen LogP contribution >= 0.6 is 0 Å². The Morgan fingerprint density at radius 3 is 2.72 bits per heavy atom. The highest BCUT2D eigenvalue weighted by Crippen LogP contribution is 2.35. The molecular weight excluding hydrogens is 335 g/mol. The first-order chi connectivity index (χ1) is 11.8. The van der Waals surface area contributed by atoms with Gasteiger partial charge in [-0.05, 0) is 23.8 Å². The average molecular weight is 349 g/mol. The molecule has 1 aliphatic heterocycles. The fraction of sp³-hybridized carbons (Fsp3) is 0.235. The number of likely N-dealkylation sites (N-methyl/N-ethyl adjacent to an activating group) is 1. The number of carbonyl (C=O) groups is 2. The molecule has 0 unspecified atom stereocenters. The zero-order chi connectivity index (χ0) is 18.2.